The summed E-state index contributed by atoms with van der Waals surface area (Å²) in [5.41, 5.74) is 1.12. The van der Waals surface area contributed by atoms with Crippen molar-refractivity contribution in [1.82, 2.24) is 4.90 Å². The van der Waals surface area contributed by atoms with Gasteiger partial charge < -0.3 is 5.11 Å². The lowest BCUT2D eigenvalue weighted by molar-refractivity contribution is -0.145. The molecule has 1 fully saturated rings. The van der Waals surface area contributed by atoms with E-state index in [1.54, 1.807) is 0 Å². The first-order valence-corrected chi connectivity index (χ1v) is 7.08. The smallest absolute Gasteiger partial charge is 0.320 e. The summed E-state index contributed by atoms with van der Waals surface area (Å²) in [6.07, 6.45) is 2.83. The summed E-state index contributed by atoms with van der Waals surface area (Å²) in [4.78, 5) is 13.3. The molecule has 0 aliphatic carbocycles. The van der Waals surface area contributed by atoms with Crippen molar-refractivity contribution in [2.45, 2.75) is 38.3 Å². The Hall–Kier alpha value is -0.580. The van der Waals surface area contributed by atoms with Gasteiger partial charge in [-0.1, -0.05) is 18.0 Å². The van der Waals surface area contributed by atoms with Crippen LogP contribution in [0.2, 0.25) is 4.34 Å². The van der Waals surface area contributed by atoms with Gasteiger partial charge in [0.2, 0.25) is 0 Å². The van der Waals surface area contributed by atoms with Crippen LogP contribution in [-0.4, -0.2) is 28.6 Å². The minimum absolute atomic E-state index is 0.125. The second-order valence-electron chi connectivity index (χ2n) is 4.45. The first-order chi connectivity index (χ1) is 8.09. The molecule has 0 radical (unpaired) electrons. The molecule has 0 bridgehead atoms. The highest BCUT2D eigenvalue weighted by Crippen LogP contribution is 2.32. The predicted molar refractivity (Wildman–Crippen MR) is 69.7 cm³/mol. The van der Waals surface area contributed by atoms with Gasteiger partial charge in [-0.3, -0.25) is 9.69 Å². The van der Waals surface area contributed by atoms with Crippen LogP contribution in [-0.2, 0) is 4.79 Å². The van der Waals surface area contributed by atoms with Crippen LogP contribution in [0, 0.1) is 0 Å². The largest absolute Gasteiger partial charge is 0.480 e. The van der Waals surface area contributed by atoms with E-state index in [2.05, 4.69) is 11.8 Å². The molecule has 5 heteroatoms. The maximum atomic E-state index is 11.2. The number of rotatable bonds is 3. The first kappa shape index (κ1) is 12.9. The maximum absolute atomic E-state index is 11.2. The van der Waals surface area contributed by atoms with E-state index in [4.69, 9.17) is 11.6 Å². The highest BCUT2D eigenvalue weighted by molar-refractivity contribution is 7.14. The van der Waals surface area contributed by atoms with Gasteiger partial charge in [0.15, 0.2) is 0 Å². The van der Waals surface area contributed by atoms with Crippen LogP contribution in [0.1, 0.15) is 37.8 Å². The summed E-state index contributed by atoms with van der Waals surface area (Å²) in [7, 11) is 0. The maximum Gasteiger partial charge on any atom is 0.320 e. The summed E-state index contributed by atoms with van der Waals surface area (Å²) < 4.78 is 0.760. The minimum atomic E-state index is -0.710. The standard InChI is InChI=1S/C12H16ClNO2S/c1-8(9-6-11(13)17-7-9)14-5-3-2-4-10(14)12(15)16/h6-8,10H,2-5H2,1H3,(H,15,16). The lowest BCUT2D eigenvalue weighted by atomic mass is 9.98. The van der Waals surface area contributed by atoms with Gasteiger partial charge in [0.1, 0.15) is 6.04 Å². The number of piperidine rings is 1. The van der Waals surface area contributed by atoms with Gasteiger partial charge in [-0.25, -0.2) is 0 Å². The molecule has 1 saturated heterocycles. The normalized spacial score (nSPS) is 23.5. The van der Waals surface area contributed by atoms with E-state index < -0.39 is 5.97 Å². The molecule has 0 aromatic carbocycles. The van der Waals surface area contributed by atoms with Crippen molar-refractivity contribution in [2.24, 2.45) is 0 Å². The number of thiophene rings is 1. The van der Waals surface area contributed by atoms with Crippen molar-refractivity contribution in [3.63, 3.8) is 0 Å². The van der Waals surface area contributed by atoms with Crippen LogP contribution in [0.5, 0.6) is 0 Å². The average molecular weight is 274 g/mol. The van der Waals surface area contributed by atoms with Gasteiger partial charge in [-0.05, 0) is 43.3 Å². The number of carboxylic acid groups (broad SMARTS) is 1. The molecule has 0 amide bonds. The predicted octanol–water partition coefficient (Wildman–Crippen LogP) is 3.40. The Bertz CT molecular complexity index is 407. The van der Waals surface area contributed by atoms with Crippen molar-refractivity contribution >= 4 is 28.9 Å². The number of hydrogen-bond donors (Lipinski definition) is 1. The molecular weight excluding hydrogens is 258 g/mol. The number of hydrogen-bond acceptors (Lipinski definition) is 3. The van der Waals surface area contributed by atoms with Gasteiger partial charge in [0.05, 0.1) is 4.34 Å². The lowest BCUT2D eigenvalue weighted by Crippen LogP contribution is -2.45. The van der Waals surface area contributed by atoms with Crippen molar-refractivity contribution in [2.75, 3.05) is 6.54 Å². The van der Waals surface area contributed by atoms with Crippen LogP contribution in [0.3, 0.4) is 0 Å². The van der Waals surface area contributed by atoms with E-state index in [0.717, 1.165) is 35.7 Å². The third-order valence-electron chi connectivity index (χ3n) is 3.40. The summed E-state index contributed by atoms with van der Waals surface area (Å²) >= 11 is 7.42. The van der Waals surface area contributed by atoms with Crippen molar-refractivity contribution < 1.29 is 9.90 Å². The Kier molecular flexibility index (Phi) is 4.07. The zero-order valence-corrected chi connectivity index (χ0v) is 11.3. The van der Waals surface area contributed by atoms with Crippen LogP contribution >= 0.6 is 22.9 Å². The zero-order valence-electron chi connectivity index (χ0n) is 9.73. The fraction of sp³-hybridized carbons (Fsp3) is 0.583. The molecule has 1 aromatic heterocycles. The number of likely N-dealkylation sites (tertiary alicyclic amines) is 1. The molecule has 0 saturated carbocycles. The molecule has 1 aliphatic rings. The number of nitrogens with zero attached hydrogens (tertiary/aromatic N) is 1. The Labute approximate surface area is 110 Å². The minimum Gasteiger partial charge on any atom is -0.480 e. The van der Waals surface area contributed by atoms with E-state index in [-0.39, 0.29) is 12.1 Å². The van der Waals surface area contributed by atoms with Gasteiger partial charge >= 0.3 is 5.97 Å². The molecular formula is C12H16ClNO2S. The highest BCUT2D eigenvalue weighted by atomic mass is 35.5. The Morgan fingerprint density at radius 3 is 3.00 bits per heavy atom. The van der Waals surface area contributed by atoms with E-state index >= 15 is 0 Å². The van der Waals surface area contributed by atoms with Gasteiger partial charge in [0, 0.05) is 6.04 Å². The molecule has 3 nitrogen and oxygen atoms in total. The number of halogens is 1. The zero-order chi connectivity index (χ0) is 12.4. The first-order valence-electron chi connectivity index (χ1n) is 5.82. The molecule has 1 aromatic rings. The van der Waals surface area contributed by atoms with Crippen molar-refractivity contribution in [1.29, 1.82) is 0 Å². The van der Waals surface area contributed by atoms with Gasteiger partial charge in [0.25, 0.3) is 0 Å². The van der Waals surface area contributed by atoms with E-state index in [9.17, 15) is 9.90 Å². The van der Waals surface area contributed by atoms with Gasteiger partial charge in [-0.15, -0.1) is 11.3 Å². The SMILES string of the molecule is CC(c1csc(Cl)c1)N1CCCCC1C(=O)O. The van der Waals surface area contributed by atoms with Gasteiger partial charge in [-0.2, -0.15) is 0 Å². The van der Waals surface area contributed by atoms with Crippen molar-refractivity contribution in [3.05, 3.63) is 21.3 Å². The summed E-state index contributed by atoms with van der Waals surface area (Å²) in [5, 5.41) is 11.3. The molecule has 1 N–H and O–H groups in total. The number of carboxylic acids is 1. The highest BCUT2D eigenvalue weighted by Gasteiger charge is 2.32. The summed E-state index contributed by atoms with van der Waals surface area (Å²) in [5.74, 6) is -0.710. The van der Waals surface area contributed by atoms with E-state index in [1.165, 1.54) is 11.3 Å². The molecule has 2 atom stereocenters. The Morgan fingerprint density at radius 1 is 1.65 bits per heavy atom. The molecule has 1 aliphatic heterocycles. The van der Waals surface area contributed by atoms with Crippen LogP contribution < -0.4 is 0 Å². The average Bonchev–Trinajstić information content (AvgIpc) is 2.75. The molecule has 2 heterocycles. The van der Waals surface area contributed by atoms with Crippen LogP contribution in [0.4, 0.5) is 0 Å². The van der Waals surface area contributed by atoms with E-state index in [1.807, 2.05) is 11.4 Å². The molecule has 94 valence electrons. The molecule has 2 unspecified atom stereocenters. The third kappa shape index (κ3) is 2.81. The number of aliphatic carboxylic acids is 1. The fourth-order valence-corrected chi connectivity index (χ4v) is 3.39. The van der Waals surface area contributed by atoms with Crippen molar-refractivity contribution in [3.8, 4) is 0 Å². The fourth-order valence-electron chi connectivity index (χ4n) is 2.42. The quantitative estimate of drug-likeness (QED) is 0.918. The monoisotopic (exact) mass is 273 g/mol. The summed E-state index contributed by atoms with van der Waals surface area (Å²) in [6, 6.07) is 1.71. The van der Waals surface area contributed by atoms with Crippen LogP contribution in [0.25, 0.3) is 0 Å². The summed E-state index contributed by atoms with van der Waals surface area (Å²) in [6.45, 7) is 2.91. The molecule has 2 rings (SSSR count). The number of carbonyl (C=O) groups is 1. The Balaban J connectivity index is 2.16. The second-order valence-corrected chi connectivity index (χ2v) is 5.99. The second kappa shape index (κ2) is 5.38. The third-order valence-corrected chi connectivity index (χ3v) is 4.51. The van der Waals surface area contributed by atoms with E-state index in [0.29, 0.717) is 0 Å². The van der Waals surface area contributed by atoms with Crippen LogP contribution in [0.15, 0.2) is 11.4 Å². The lowest BCUT2D eigenvalue weighted by Gasteiger charge is -2.37. The Morgan fingerprint density at radius 2 is 2.41 bits per heavy atom. The molecule has 0 spiro atoms. The topological polar surface area (TPSA) is 40.5 Å². The molecule has 17 heavy (non-hydrogen) atoms.